The van der Waals surface area contributed by atoms with E-state index >= 15 is 0 Å². The minimum absolute atomic E-state index is 0.0506. The van der Waals surface area contributed by atoms with Crippen molar-refractivity contribution in [1.82, 2.24) is 5.43 Å². The standard InChI is InChI=1S/C15H23N3O/c1-10-6-5-7-12-11(2)8-15(3,4)18(14(10)12)9-13(19)17-16/h5-7,11H,8-9,16H2,1-4H3,(H,17,19)/t11-/m0/s1. The van der Waals surface area contributed by atoms with Gasteiger partial charge >= 0.3 is 0 Å². The molecule has 19 heavy (non-hydrogen) atoms. The monoisotopic (exact) mass is 261 g/mol. The Balaban J connectivity index is 2.51. The number of para-hydroxylation sites is 1. The van der Waals surface area contributed by atoms with E-state index in [-0.39, 0.29) is 11.4 Å². The van der Waals surface area contributed by atoms with Crippen LogP contribution in [0.4, 0.5) is 5.69 Å². The molecule has 1 aliphatic rings. The summed E-state index contributed by atoms with van der Waals surface area (Å²) in [7, 11) is 0. The van der Waals surface area contributed by atoms with E-state index in [9.17, 15) is 4.79 Å². The Labute approximate surface area is 114 Å². The molecule has 1 amide bonds. The topological polar surface area (TPSA) is 58.4 Å². The van der Waals surface area contributed by atoms with Crippen molar-refractivity contribution in [3.05, 3.63) is 29.3 Å². The fraction of sp³-hybridized carbons (Fsp3) is 0.533. The number of nitrogens with one attached hydrogen (secondary N) is 1. The summed E-state index contributed by atoms with van der Waals surface area (Å²) in [4.78, 5) is 13.9. The number of carbonyl (C=O) groups excluding carboxylic acids is 1. The molecular weight excluding hydrogens is 238 g/mol. The third-order valence-electron chi connectivity index (χ3n) is 4.07. The number of benzene rings is 1. The van der Waals surface area contributed by atoms with Crippen LogP contribution in [0.1, 0.15) is 44.2 Å². The third-order valence-corrected chi connectivity index (χ3v) is 4.07. The van der Waals surface area contributed by atoms with Gasteiger partial charge in [-0.25, -0.2) is 5.84 Å². The SMILES string of the molecule is Cc1cccc2c1N(CC(=O)NN)C(C)(C)C[C@@H]2C. The lowest BCUT2D eigenvalue weighted by Gasteiger charge is -2.47. The van der Waals surface area contributed by atoms with Gasteiger partial charge in [-0.2, -0.15) is 0 Å². The summed E-state index contributed by atoms with van der Waals surface area (Å²) in [5.74, 6) is 5.58. The summed E-state index contributed by atoms with van der Waals surface area (Å²) in [6, 6.07) is 6.35. The van der Waals surface area contributed by atoms with Gasteiger partial charge in [0.1, 0.15) is 0 Å². The van der Waals surface area contributed by atoms with E-state index in [2.05, 4.69) is 56.2 Å². The number of hydrazine groups is 1. The molecular formula is C15H23N3O. The van der Waals surface area contributed by atoms with Gasteiger partial charge in [-0.3, -0.25) is 10.2 Å². The number of aryl methyl sites for hydroxylation is 1. The Kier molecular flexibility index (Phi) is 3.54. The Morgan fingerprint density at radius 3 is 2.84 bits per heavy atom. The number of rotatable bonds is 2. The normalized spacial score (nSPS) is 20.9. The zero-order chi connectivity index (χ0) is 14.2. The number of anilines is 1. The fourth-order valence-electron chi connectivity index (χ4n) is 3.20. The highest BCUT2D eigenvalue weighted by Gasteiger charge is 2.37. The van der Waals surface area contributed by atoms with Crippen molar-refractivity contribution in [3.8, 4) is 0 Å². The number of fused-ring (bicyclic) bond motifs is 1. The molecule has 0 radical (unpaired) electrons. The molecule has 1 aliphatic heterocycles. The Morgan fingerprint density at radius 1 is 1.53 bits per heavy atom. The summed E-state index contributed by atoms with van der Waals surface area (Å²) in [6.07, 6.45) is 1.03. The predicted molar refractivity (Wildman–Crippen MR) is 78.0 cm³/mol. The Hall–Kier alpha value is -1.55. The molecule has 104 valence electrons. The molecule has 0 spiro atoms. The van der Waals surface area contributed by atoms with E-state index in [0.717, 1.165) is 6.42 Å². The van der Waals surface area contributed by atoms with Crippen LogP contribution in [0.3, 0.4) is 0 Å². The van der Waals surface area contributed by atoms with Gasteiger partial charge in [-0.1, -0.05) is 25.1 Å². The number of nitrogens with two attached hydrogens (primary N) is 1. The van der Waals surface area contributed by atoms with Gasteiger partial charge in [0.2, 0.25) is 0 Å². The predicted octanol–water partition coefficient (Wildman–Crippen LogP) is 2.08. The van der Waals surface area contributed by atoms with Gasteiger partial charge in [0.15, 0.2) is 0 Å². The molecule has 0 aliphatic carbocycles. The molecule has 0 aromatic heterocycles. The molecule has 0 unspecified atom stereocenters. The van der Waals surface area contributed by atoms with Crippen molar-refractivity contribution in [2.45, 2.75) is 45.6 Å². The maximum atomic E-state index is 11.7. The Morgan fingerprint density at radius 2 is 2.21 bits per heavy atom. The van der Waals surface area contributed by atoms with Gasteiger partial charge in [0, 0.05) is 11.2 Å². The lowest BCUT2D eigenvalue weighted by Crippen LogP contribution is -2.53. The average Bonchev–Trinajstić information content (AvgIpc) is 2.33. The molecule has 1 atom stereocenters. The third kappa shape index (κ3) is 2.45. The van der Waals surface area contributed by atoms with E-state index in [1.54, 1.807) is 0 Å². The van der Waals surface area contributed by atoms with Gasteiger partial charge in [-0.05, 0) is 44.2 Å². The van der Waals surface area contributed by atoms with Crippen LogP contribution in [0.5, 0.6) is 0 Å². The molecule has 4 nitrogen and oxygen atoms in total. The van der Waals surface area contributed by atoms with Crippen LogP contribution < -0.4 is 16.2 Å². The second-order valence-electron chi connectivity index (χ2n) is 6.08. The van der Waals surface area contributed by atoms with Crippen LogP contribution in [0.2, 0.25) is 0 Å². The first-order valence-corrected chi connectivity index (χ1v) is 6.73. The van der Waals surface area contributed by atoms with Gasteiger partial charge < -0.3 is 4.90 Å². The number of carbonyl (C=O) groups is 1. The summed E-state index contributed by atoms with van der Waals surface area (Å²) >= 11 is 0. The largest absolute Gasteiger partial charge is 0.357 e. The maximum absolute atomic E-state index is 11.7. The quantitative estimate of drug-likeness (QED) is 0.487. The van der Waals surface area contributed by atoms with Gasteiger partial charge in [-0.15, -0.1) is 0 Å². The van der Waals surface area contributed by atoms with E-state index in [0.29, 0.717) is 12.5 Å². The molecule has 2 rings (SSSR count). The first kappa shape index (κ1) is 13.9. The first-order valence-electron chi connectivity index (χ1n) is 6.73. The average molecular weight is 261 g/mol. The molecule has 1 aromatic carbocycles. The van der Waals surface area contributed by atoms with Crippen LogP contribution in [0, 0.1) is 6.92 Å². The highest BCUT2D eigenvalue weighted by Crippen LogP contribution is 2.44. The van der Waals surface area contributed by atoms with Crippen molar-refractivity contribution in [2.75, 3.05) is 11.4 Å². The summed E-state index contributed by atoms with van der Waals surface area (Å²) in [5, 5.41) is 0. The van der Waals surface area contributed by atoms with Crippen LogP contribution in [0.15, 0.2) is 18.2 Å². The van der Waals surface area contributed by atoms with Crippen molar-refractivity contribution < 1.29 is 4.79 Å². The van der Waals surface area contributed by atoms with E-state index in [1.807, 2.05) is 0 Å². The smallest absolute Gasteiger partial charge is 0.253 e. The molecule has 0 saturated carbocycles. The summed E-state index contributed by atoms with van der Waals surface area (Å²) in [5.41, 5.74) is 5.90. The highest BCUT2D eigenvalue weighted by atomic mass is 16.2. The molecule has 1 aromatic rings. The molecule has 0 fully saturated rings. The number of amides is 1. The summed E-state index contributed by atoms with van der Waals surface area (Å²) < 4.78 is 0. The van der Waals surface area contributed by atoms with Crippen LogP contribution in [-0.2, 0) is 4.79 Å². The molecule has 0 bridgehead atoms. The van der Waals surface area contributed by atoms with Crippen LogP contribution in [-0.4, -0.2) is 18.0 Å². The molecule has 3 N–H and O–H groups in total. The lowest BCUT2D eigenvalue weighted by atomic mass is 9.79. The van der Waals surface area contributed by atoms with E-state index in [1.165, 1.54) is 16.8 Å². The lowest BCUT2D eigenvalue weighted by molar-refractivity contribution is -0.120. The number of nitrogens with zero attached hydrogens (tertiary/aromatic N) is 1. The maximum Gasteiger partial charge on any atom is 0.253 e. The number of hydrogen-bond donors (Lipinski definition) is 2. The minimum atomic E-state index is -0.156. The minimum Gasteiger partial charge on any atom is -0.357 e. The first-order chi connectivity index (χ1) is 8.86. The zero-order valence-electron chi connectivity index (χ0n) is 12.2. The van der Waals surface area contributed by atoms with Crippen molar-refractivity contribution >= 4 is 11.6 Å². The number of hydrogen-bond acceptors (Lipinski definition) is 3. The molecule has 0 saturated heterocycles. The molecule has 4 heteroatoms. The van der Waals surface area contributed by atoms with Crippen molar-refractivity contribution in [1.29, 1.82) is 0 Å². The van der Waals surface area contributed by atoms with Crippen LogP contribution >= 0.6 is 0 Å². The zero-order valence-corrected chi connectivity index (χ0v) is 12.2. The molecule has 1 heterocycles. The van der Waals surface area contributed by atoms with Crippen LogP contribution in [0.25, 0.3) is 0 Å². The van der Waals surface area contributed by atoms with Crippen molar-refractivity contribution in [2.24, 2.45) is 5.84 Å². The van der Waals surface area contributed by atoms with Gasteiger partial charge in [0.05, 0.1) is 6.54 Å². The second kappa shape index (κ2) is 4.85. The second-order valence-corrected chi connectivity index (χ2v) is 6.08. The van der Waals surface area contributed by atoms with Gasteiger partial charge in [0.25, 0.3) is 5.91 Å². The summed E-state index contributed by atoms with van der Waals surface area (Å²) in [6.45, 7) is 9.01. The van der Waals surface area contributed by atoms with E-state index in [4.69, 9.17) is 5.84 Å². The Bertz CT molecular complexity index is 496. The van der Waals surface area contributed by atoms with Crippen molar-refractivity contribution in [3.63, 3.8) is 0 Å². The van der Waals surface area contributed by atoms with E-state index < -0.39 is 0 Å². The fourth-order valence-corrected chi connectivity index (χ4v) is 3.20. The highest BCUT2D eigenvalue weighted by molar-refractivity contribution is 5.82.